The highest BCUT2D eigenvalue weighted by atomic mass is 16.5. The maximum absolute atomic E-state index is 11.6. The summed E-state index contributed by atoms with van der Waals surface area (Å²) in [7, 11) is 1.64. The number of carbonyl (C=O) groups excluding carboxylic acids is 1. The van der Waals surface area contributed by atoms with Gasteiger partial charge in [-0.15, -0.1) is 0 Å². The molecule has 4 nitrogen and oxygen atoms in total. The molecule has 1 saturated heterocycles. The summed E-state index contributed by atoms with van der Waals surface area (Å²) < 4.78 is 5.26. The molecule has 86 valence electrons. The van der Waals surface area contributed by atoms with E-state index in [4.69, 9.17) is 4.74 Å². The van der Waals surface area contributed by atoms with Gasteiger partial charge in [-0.2, -0.15) is 0 Å². The van der Waals surface area contributed by atoms with Crippen LogP contribution in [-0.2, 0) is 11.3 Å². The van der Waals surface area contributed by atoms with Crippen molar-refractivity contribution < 1.29 is 9.53 Å². The third kappa shape index (κ3) is 2.33. The third-order valence-electron chi connectivity index (χ3n) is 2.69. The van der Waals surface area contributed by atoms with Gasteiger partial charge >= 0.3 is 0 Å². The van der Waals surface area contributed by atoms with Crippen LogP contribution in [0.2, 0.25) is 0 Å². The molecule has 1 aliphatic heterocycles. The van der Waals surface area contributed by atoms with Gasteiger partial charge in [0, 0.05) is 18.5 Å². The summed E-state index contributed by atoms with van der Waals surface area (Å²) in [6.07, 6.45) is 1.55. The predicted octanol–water partition coefficient (Wildman–Crippen LogP) is 1.32. The Morgan fingerprint density at radius 3 is 3.00 bits per heavy atom. The van der Waals surface area contributed by atoms with Crippen LogP contribution in [0, 0.1) is 0 Å². The maximum atomic E-state index is 11.6. The first-order chi connectivity index (χ1) is 7.81. The SMILES string of the molecule is COc1ccccc1CN1NCCCC1=O. The van der Waals surface area contributed by atoms with E-state index in [2.05, 4.69) is 5.43 Å². The molecule has 4 heteroatoms. The lowest BCUT2D eigenvalue weighted by atomic mass is 10.1. The molecule has 1 aromatic carbocycles. The lowest BCUT2D eigenvalue weighted by molar-refractivity contribution is -0.137. The number of rotatable bonds is 3. The highest BCUT2D eigenvalue weighted by Crippen LogP contribution is 2.19. The van der Waals surface area contributed by atoms with E-state index in [-0.39, 0.29) is 5.91 Å². The predicted molar refractivity (Wildman–Crippen MR) is 60.8 cm³/mol. The van der Waals surface area contributed by atoms with Crippen LogP contribution < -0.4 is 10.2 Å². The first-order valence-electron chi connectivity index (χ1n) is 5.47. The minimum absolute atomic E-state index is 0.150. The molecular weight excluding hydrogens is 204 g/mol. The standard InChI is InChI=1S/C12H16N2O2/c1-16-11-6-3-2-5-10(11)9-14-12(15)7-4-8-13-14/h2-3,5-6,13H,4,7-9H2,1H3. The molecule has 1 heterocycles. The molecular formula is C12H16N2O2. The lowest BCUT2D eigenvalue weighted by Crippen LogP contribution is -2.46. The fraction of sp³-hybridized carbons (Fsp3) is 0.417. The molecule has 2 rings (SSSR count). The van der Waals surface area contributed by atoms with Crippen LogP contribution in [0.3, 0.4) is 0 Å². The van der Waals surface area contributed by atoms with Crippen LogP contribution >= 0.6 is 0 Å². The van der Waals surface area contributed by atoms with Crippen molar-refractivity contribution in [2.45, 2.75) is 19.4 Å². The first kappa shape index (κ1) is 11.0. The van der Waals surface area contributed by atoms with Crippen molar-refractivity contribution in [3.05, 3.63) is 29.8 Å². The third-order valence-corrected chi connectivity index (χ3v) is 2.69. The normalized spacial score (nSPS) is 16.3. The second-order valence-corrected chi connectivity index (χ2v) is 3.80. The summed E-state index contributed by atoms with van der Waals surface area (Å²) in [5.41, 5.74) is 4.12. The van der Waals surface area contributed by atoms with Gasteiger partial charge in [-0.1, -0.05) is 18.2 Å². The summed E-state index contributed by atoms with van der Waals surface area (Å²) in [5, 5.41) is 1.67. The molecule has 0 aliphatic carbocycles. The van der Waals surface area contributed by atoms with Crippen molar-refractivity contribution in [2.75, 3.05) is 13.7 Å². The zero-order chi connectivity index (χ0) is 11.4. The number of hydrazine groups is 1. The average molecular weight is 220 g/mol. The summed E-state index contributed by atoms with van der Waals surface area (Å²) in [5.74, 6) is 0.972. The number of carbonyl (C=O) groups is 1. The van der Waals surface area contributed by atoms with Gasteiger partial charge in [-0.25, -0.2) is 5.43 Å². The van der Waals surface area contributed by atoms with E-state index < -0.39 is 0 Å². The van der Waals surface area contributed by atoms with Crippen molar-refractivity contribution in [1.29, 1.82) is 0 Å². The number of methoxy groups -OCH3 is 1. The Morgan fingerprint density at radius 2 is 2.25 bits per heavy atom. The number of amides is 1. The molecule has 0 saturated carbocycles. The summed E-state index contributed by atoms with van der Waals surface area (Å²) >= 11 is 0. The Morgan fingerprint density at radius 1 is 1.44 bits per heavy atom. The van der Waals surface area contributed by atoms with E-state index >= 15 is 0 Å². The monoisotopic (exact) mass is 220 g/mol. The van der Waals surface area contributed by atoms with Gasteiger partial charge in [-0.3, -0.25) is 9.80 Å². The fourth-order valence-corrected chi connectivity index (χ4v) is 1.82. The molecule has 0 aromatic heterocycles. The topological polar surface area (TPSA) is 41.6 Å². The Bertz CT molecular complexity index is 379. The molecule has 0 bridgehead atoms. The first-order valence-corrected chi connectivity index (χ1v) is 5.47. The van der Waals surface area contributed by atoms with Gasteiger partial charge in [0.25, 0.3) is 0 Å². The molecule has 16 heavy (non-hydrogen) atoms. The van der Waals surface area contributed by atoms with Crippen LogP contribution in [0.15, 0.2) is 24.3 Å². The number of benzene rings is 1. The smallest absolute Gasteiger partial charge is 0.237 e. The Labute approximate surface area is 95.2 Å². The zero-order valence-corrected chi connectivity index (χ0v) is 9.40. The molecule has 1 fully saturated rings. The van der Waals surface area contributed by atoms with Crippen LogP contribution in [0.5, 0.6) is 5.75 Å². The Balaban J connectivity index is 2.10. The molecule has 0 radical (unpaired) electrons. The van der Waals surface area contributed by atoms with Gasteiger partial charge < -0.3 is 4.74 Å². The number of hydrogen-bond donors (Lipinski definition) is 1. The van der Waals surface area contributed by atoms with Crippen molar-refractivity contribution in [2.24, 2.45) is 0 Å². The van der Waals surface area contributed by atoms with Crippen LogP contribution in [-0.4, -0.2) is 24.6 Å². The van der Waals surface area contributed by atoms with E-state index in [1.165, 1.54) is 0 Å². The largest absolute Gasteiger partial charge is 0.496 e. The highest BCUT2D eigenvalue weighted by Gasteiger charge is 2.18. The van der Waals surface area contributed by atoms with E-state index in [0.717, 1.165) is 24.3 Å². The van der Waals surface area contributed by atoms with Crippen molar-refractivity contribution in [3.63, 3.8) is 0 Å². The van der Waals surface area contributed by atoms with E-state index in [0.29, 0.717) is 13.0 Å². The molecule has 0 atom stereocenters. The fourth-order valence-electron chi connectivity index (χ4n) is 1.82. The van der Waals surface area contributed by atoms with Crippen LogP contribution in [0.25, 0.3) is 0 Å². The van der Waals surface area contributed by atoms with Gasteiger partial charge in [0.05, 0.1) is 13.7 Å². The number of para-hydroxylation sites is 1. The molecule has 0 unspecified atom stereocenters. The highest BCUT2D eigenvalue weighted by molar-refractivity contribution is 5.76. The van der Waals surface area contributed by atoms with Crippen molar-refractivity contribution >= 4 is 5.91 Å². The number of nitrogens with zero attached hydrogens (tertiary/aromatic N) is 1. The number of ether oxygens (including phenoxy) is 1. The van der Waals surface area contributed by atoms with E-state index in [9.17, 15) is 4.79 Å². The lowest BCUT2D eigenvalue weighted by Gasteiger charge is -2.28. The van der Waals surface area contributed by atoms with E-state index in [1.807, 2.05) is 24.3 Å². The van der Waals surface area contributed by atoms with Gasteiger partial charge in [0.1, 0.15) is 5.75 Å². The Hall–Kier alpha value is -1.55. The summed E-state index contributed by atoms with van der Waals surface area (Å²) in [6.45, 7) is 1.42. The van der Waals surface area contributed by atoms with Crippen LogP contribution in [0.4, 0.5) is 0 Å². The number of hydrogen-bond acceptors (Lipinski definition) is 3. The molecule has 1 amide bonds. The molecule has 1 N–H and O–H groups in total. The van der Waals surface area contributed by atoms with E-state index in [1.54, 1.807) is 12.1 Å². The maximum Gasteiger partial charge on any atom is 0.237 e. The quantitative estimate of drug-likeness (QED) is 0.835. The second-order valence-electron chi connectivity index (χ2n) is 3.80. The zero-order valence-electron chi connectivity index (χ0n) is 9.40. The second kappa shape index (κ2) is 4.99. The van der Waals surface area contributed by atoms with Crippen LogP contribution in [0.1, 0.15) is 18.4 Å². The summed E-state index contributed by atoms with van der Waals surface area (Å²) in [6, 6.07) is 7.76. The minimum atomic E-state index is 0.150. The molecule has 1 aliphatic rings. The number of nitrogens with one attached hydrogen (secondary N) is 1. The summed E-state index contributed by atoms with van der Waals surface area (Å²) in [4.78, 5) is 11.6. The average Bonchev–Trinajstić information content (AvgIpc) is 2.33. The molecule has 0 spiro atoms. The van der Waals surface area contributed by atoms with Gasteiger partial charge in [-0.05, 0) is 12.5 Å². The Kier molecular flexibility index (Phi) is 3.41. The van der Waals surface area contributed by atoms with Gasteiger partial charge in [0.2, 0.25) is 5.91 Å². The molecule has 1 aromatic rings. The van der Waals surface area contributed by atoms with Crippen molar-refractivity contribution in [1.82, 2.24) is 10.4 Å². The minimum Gasteiger partial charge on any atom is -0.496 e. The van der Waals surface area contributed by atoms with Crippen molar-refractivity contribution in [3.8, 4) is 5.75 Å². The van der Waals surface area contributed by atoms with Gasteiger partial charge in [0.15, 0.2) is 0 Å².